The number of nitrogens with zero attached hydrogens (tertiary/aromatic N) is 1. The van der Waals surface area contributed by atoms with Gasteiger partial charge in [-0.15, -0.1) is 0 Å². The third-order valence-electron chi connectivity index (χ3n) is 3.90. The molecule has 7 heteroatoms. The van der Waals surface area contributed by atoms with Crippen molar-refractivity contribution in [2.24, 2.45) is 5.10 Å². The number of carbonyl (C=O) groups is 2. The number of hydrogen-bond donors (Lipinski definition) is 3. The van der Waals surface area contributed by atoms with E-state index in [0.29, 0.717) is 41.3 Å². The van der Waals surface area contributed by atoms with Crippen molar-refractivity contribution in [3.8, 4) is 11.5 Å². The molecule has 0 unspecified atom stereocenters. The van der Waals surface area contributed by atoms with Gasteiger partial charge in [-0.3, -0.25) is 9.59 Å². The van der Waals surface area contributed by atoms with Gasteiger partial charge in [-0.05, 0) is 62.7 Å². The van der Waals surface area contributed by atoms with Crippen LogP contribution in [0.1, 0.15) is 49.5 Å². The number of ether oxygens (including phenoxy) is 1. The zero-order chi connectivity index (χ0) is 20.5. The number of rotatable bonds is 8. The summed E-state index contributed by atoms with van der Waals surface area (Å²) in [4.78, 5) is 24.0. The quantitative estimate of drug-likeness (QED) is 0.368. The average molecular weight is 383 g/mol. The summed E-state index contributed by atoms with van der Waals surface area (Å²) in [6.45, 7) is 6.02. The number of carbonyl (C=O) groups excluding carboxylic acids is 2. The van der Waals surface area contributed by atoms with E-state index in [1.807, 2.05) is 13.8 Å². The minimum absolute atomic E-state index is 0.00468. The average Bonchev–Trinajstić information content (AvgIpc) is 2.68. The van der Waals surface area contributed by atoms with Gasteiger partial charge in [0, 0.05) is 23.2 Å². The standard InChI is InChI=1S/C21H25N3O4/c1-4-6-20(26)22-16-9-12-19(25)18(13-16)14(3)23-24-21(27)15-7-10-17(11-8-15)28-5-2/h7-13,25H,4-6H2,1-3H3,(H,22,26)(H,24,27)/b23-14+. The first-order chi connectivity index (χ1) is 13.4. The maximum Gasteiger partial charge on any atom is 0.271 e. The maximum absolute atomic E-state index is 12.2. The smallest absolute Gasteiger partial charge is 0.271 e. The van der Waals surface area contributed by atoms with Crippen molar-refractivity contribution in [2.75, 3.05) is 11.9 Å². The van der Waals surface area contributed by atoms with Crippen LogP contribution in [0.5, 0.6) is 11.5 Å². The lowest BCUT2D eigenvalue weighted by Crippen LogP contribution is -2.19. The van der Waals surface area contributed by atoms with Gasteiger partial charge in [0.2, 0.25) is 5.91 Å². The number of nitrogens with one attached hydrogen (secondary N) is 2. The number of phenols is 1. The lowest BCUT2D eigenvalue weighted by molar-refractivity contribution is -0.116. The third-order valence-corrected chi connectivity index (χ3v) is 3.90. The van der Waals surface area contributed by atoms with Gasteiger partial charge >= 0.3 is 0 Å². The van der Waals surface area contributed by atoms with E-state index >= 15 is 0 Å². The Morgan fingerprint density at radius 2 is 1.82 bits per heavy atom. The number of hydrogen-bond acceptors (Lipinski definition) is 5. The van der Waals surface area contributed by atoms with E-state index in [-0.39, 0.29) is 17.6 Å². The fourth-order valence-corrected chi connectivity index (χ4v) is 2.48. The van der Waals surface area contributed by atoms with Crippen LogP contribution in [0.4, 0.5) is 5.69 Å². The summed E-state index contributed by atoms with van der Waals surface area (Å²) in [5, 5.41) is 16.9. The highest BCUT2D eigenvalue weighted by molar-refractivity contribution is 6.04. The summed E-state index contributed by atoms with van der Waals surface area (Å²) < 4.78 is 5.35. The molecule has 28 heavy (non-hydrogen) atoms. The highest BCUT2D eigenvalue weighted by atomic mass is 16.5. The van der Waals surface area contributed by atoms with Crippen molar-refractivity contribution in [1.29, 1.82) is 0 Å². The zero-order valence-corrected chi connectivity index (χ0v) is 16.3. The molecule has 7 nitrogen and oxygen atoms in total. The second-order valence-electron chi connectivity index (χ2n) is 6.13. The van der Waals surface area contributed by atoms with E-state index in [2.05, 4.69) is 15.8 Å². The summed E-state index contributed by atoms with van der Waals surface area (Å²) in [7, 11) is 0. The van der Waals surface area contributed by atoms with E-state index in [0.717, 1.165) is 6.42 Å². The monoisotopic (exact) mass is 383 g/mol. The highest BCUT2D eigenvalue weighted by Crippen LogP contribution is 2.22. The van der Waals surface area contributed by atoms with E-state index in [1.165, 1.54) is 6.07 Å². The van der Waals surface area contributed by atoms with E-state index in [1.54, 1.807) is 43.3 Å². The first-order valence-corrected chi connectivity index (χ1v) is 9.15. The van der Waals surface area contributed by atoms with Crippen molar-refractivity contribution in [2.45, 2.75) is 33.6 Å². The fourth-order valence-electron chi connectivity index (χ4n) is 2.48. The summed E-state index contributed by atoms with van der Waals surface area (Å²) in [5.41, 5.74) is 4.28. The minimum Gasteiger partial charge on any atom is -0.507 e. The molecule has 0 aliphatic carbocycles. The number of hydrazone groups is 1. The van der Waals surface area contributed by atoms with Gasteiger partial charge in [0.1, 0.15) is 11.5 Å². The molecule has 0 bridgehead atoms. The van der Waals surface area contributed by atoms with Gasteiger partial charge in [0.05, 0.1) is 12.3 Å². The molecule has 2 aromatic carbocycles. The number of aromatic hydroxyl groups is 1. The number of benzene rings is 2. The van der Waals surface area contributed by atoms with Crippen LogP contribution in [0.2, 0.25) is 0 Å². The van der Waals surface area contributed by atoms with Gasteiger partial charge < -0.3 is 15.2 Å². The van der Waals surface area contributed by atoms with Crippen molar-refractivity contribution >= 4 is 23.2 Å². The third kappa shape index (κ3) is 5.84. The predicted molar refractivity (Wildman–Crippen MR) is 109 cm³/mol. The Labute approximate surface area is 164 Å². The first kappa shape index (κ1) is 21.0. The van der Waals surface area contributed by atoms with Crippen molar-refractivity contribution < 1.29 is 19.4 Å². The molecule has 2 amide bonds. The molecule has 0 heterocycles. The minimum atomic E-state index is -0.380. The second kappa shape index (κ2) is 10.1. The summed E-state index contributed by atoms with van der Waals surface area (Å²) in [5.74, 6) is 0.211. The molecule has 0 aliphatic rings. The number of anilines is 1. The van der Waals surface area contributed by atoms with Gasteiger partial charge in [0.25, 0.3) is 5.91 Å². The van der Waals surface area contributed by atoms with E-state index < -0.39 is 0 Å². The Morgan fingerprint density at radius 3 is 2.46 bits per heavy atom. The highest BCUT2D eigenvalue weighted by Gasteiger charge is 2.10. The van der Waals surface area contributed by atoms with E-state index in [9.17, 15) is 14.7 Å². The molecule has 3 N–H and O–H groups in total. The zero-order valence-electron chi connectivity index (χ0n) is 16.3. The molecule has 0 aliphatic heterocycles. The number of phenolic OH excluding ortho intramolecular Hbond substituents is 1. The molecule has 2 aromatic rings. The predicted octanol–water partition coefficient (Wildman–Crippen LogP) is 3.68. The van der Waals surface area contributed by atoms with Crippen molar-refractivity contribution in [3.05, 3.63) is 53.6 Å². The van der Waals surface area contributed by atoms with Crippen LogP contribution in [0, 0.1) is 0 Å². The second-order valence-corrected chi connectivity index (χ2v) is 6.13. The first-order valence-electron chi connectivity index (χ1n) is 9.15. The Balaban J connectivity index is 2.09. The lowest BCUT2D eigenvalue weighted by Gasteiger charge is -2.09. The molecule has 0 radical (unpaired) electrons. The molecule has 0 saturated carbocycles. The Hall–Kier alpha value is -3.35. The molecule has 0 fully saturated rings. The topological polar surface area (TPSA) is 100 Å². The van der Waals surface area contributed by atoms with Crippen LogP contribution in [-0.2, 0) is 4.79 Å². The summed E-state index contributed by atoms with van der Waals surface area (Å²) in [6.07, 6.45) is 1.16. The van der Waals surface area contributed by atoms with Crippen LogP contribution >= 0.6 is 0 Å². The van der Waals surface area contributed by atoms with Crippen LogP contribution in [0.15, 0.2) is 47.6 Å². The van der Waals surface area contributed by atoms with Gasteiger partial charge in [-0.1, -0.05) is 6.92 Å². The largest absolute Gasteiger partial charge is 0.507 e. The van der Waals surface area contributed by atoms with Crippen LogP contribution in [0.3, 0.4) is 0 Å². The Morgan fingerprint density at radius 1 is 1.11 bits per heavy atom. The lowest BCUT2D eigenvalue weighted by atomic mass is 10.1. The molecular weight excluding hydrogens is 358 g/mol. The molecule has 0 atom stereocenters. The maximum atomic E-state index is 12.2. The SMILES string of the molecule is CCCC(=O)Nc1ccc(O)c(/C(C)=N/NC(=O)c2ccc(OCC)cc2)c1. The van der Waals surface area contributed by atoms with Crippen LogP contribution in [-0.4, -0.2) is 29.2 Å². The molecular formula is C21H25N3O4. The van der Waals surface area contributed by atoms with Crippen LogP contribution in [0.25, 0.3) is 0 Å². The molecule has 0 saturated heterocycles. The summed E-state index contributed by atoms with van der Waals surface area (Å²) >= 11 is 0. The van der Waals surface area contributed by atoms with Gasteiger partial charge in [-0.2, -0.15) is 5.10 Å². The molecule has 2 rings (SSSR count). The molecule has 0 spiro atoms. The van der Waals surface area contributed by atoms with Crippen LogP contribution < -0.4 is 15.5 Å². The molecule has 148 valence electrons. The van der Waals surface area contributed by atoms with Crippen molar-refractivity contribution in [3.63, 3.8) is 0 Å². The van der Waals surface area contributed by atoms with E-state index in [4.69, 9.17) is 4.74 Å². The Bertz CT molecular complexity index is 860. The van der Waals surface area contributed by atoms with Gasteiger partial charge in [-0.25, -0.2) is 5.43 Å². The number of amides is 2. The van der Waals surface area contributed by atoms with Gasteiger partial charge in [0.15, 0.2) is 0 Å². The summed E-state index contributed by atoms with van der Waals surface area (Å²) in [6, 6.07) is 11.4. The molecule has 0 aromatic heterocycles. The fraction of sp³-hybridized carbons (Fsp3) is 0.286. The Kier molecular flexibility index (Phi) is 7.56. The van der Waals surface area contributed by atoms with Crippen molar-refractivity contribution in [1.82, 2.24) is 5.43 Å². The normalized spacial score (nSPS) is 11.0.